The predicted molar refractivity (Wildman–Crippen MR) is 72.1 cm³/mol. The Kier molecular flexibility index (Phi) is 4.98. The van der Waals surface area contributed by atoms with Crippen molar-refractivity contribution in [3.8, 4) is 0 Å². The summed E-state index contributed by atoms with van der Waals surface area (Å²) in [7, 11) is 1.54. The molecule has 1 spiro atoms. The summed E-state index contributed by atoms with van der Waals surface area (Å²) in [4.78, 5) is 5.99. The third-order valence-corrected chi connectivity index (χ3v) is 4.33. The Balaban J connectivity index is 1.88. The number of hydrogen-bond acceptors (Lipinski definition) is 3. The minimum absolute atomic E-state index is 0.193. The van der Waals surface area contributed by atoms with Crippen LogP contribution in [0.15, 0.2) is 4.99 Å². The summed E-state index contributed by atoms with van der Waals surface area (Å²) >= 11 is 0. The van der Waals surface area contributed by atoms with E-state index in [0.717, 1.165) is 45.6 Å². The fraction of sp³-hybridized carbons (Fsp3) is 0.923. The van der Waals surface area contributed by atoms with Gasteiger partial charge in [-0.2, -0.15) is 13.2 Å². The van der Waals surface area contributed by atoms with Crippen LogP contribution in [0.4, 0.5) is 13.2 Å². The number of aliphatic hydroxyl groups excluding tert-OH is 1. The zero-order chi connectivity index (χ0) is 15.5. The molecule has 2 fully saturated rings. The van der Waals surface area contributed by atoms with Crippen molar-refractivity contribution in [2.75, 3.05) is 39.9 Å². The molecule has 0 radical (unpaired) electrons. The summed E-state index contributed by atoms with van der Waals surface area (Å²) in [6.45, 7) is 2.45. The topological polar surface area (TPSA) is 57.1 Å². The lowest BCUT2D eigenvalue weighted by molar-refractivity contribution is -0.201. The van der Waals surface area contributed by atoms with Crippen molar-refractivity contribution >= 4 is 5.96 Å². The van der Waals surface area contributed by atoms with Gasteiger partial charge >= 0.3 is 6.18 Å². The van der Waals surface area contributed by atoms with Crippen LogP contribution in [0.3, 0.4) is 0 Å². The average molecular weight is 309 g/mol. The van der Waals surface area contributed by atoms with Crippen molar-refractivity contribution in [1.29, 1.82) is 0 Å². The summed E-state index contributed by atoms with van der Waals surface area (Å²) in [6, 6.07) is 0. The number of rotatable bonds is 2. The van der Waals surface area contributed by atoms with Crippen molar-refractivity contribution in [2.45, 2.75) is 31.5 Å². The molecule has 5 nitrogen and oxygen atoms in total. The van der Waals surface area contributed by atoms with Gasteiger partial charge in [-0.3, -0.25) is 4.99 Å². The molecule has 21 heavy (non-hydrogen) atoms. The van der Waals surface area contributed by atoms with E-state index < -0.39 is 18.8 Å². The van der Waals surface area contributed by atoms with E-state index in [4.69, 9.17) is 9.84 Å². The highest BCUT2D eigenvalue weighted by Crippen LogP contribution is 2.39. The van der Waals surface area contributed by atoms with E-state index in [-0.39, 0.29) is 5.41 Å². The van der Waals surface area contributed by atoms with Gasteiger partial charge in [0.1, 0.15) is 0 Å². The minimum Gasteiger partial charge on any atom is -0.382 e. The van der Waals surface area contributed by atoms with Crippen LogP contribution in [0.25, 0.3) is 0 Å². The molecule has 0 amide bonds. The van der Waals surface area contributed by atoms with Crippen LogP contribution in [0.2, 0.25) is 0 Å². The number of aliphatic imine (C=N–C) groups is 1. The van der Waals surface area contributed by atoms with Crippen LogP contribution in [-0.4, -0.2) is 68.1 Å². The van der Waals surface area contributed by atoms with E-state index in [2.05, 4.69) is 10.3 Å². The number of nitrogens with one attached hydrogen (secondary N) is 1. The number of hydrogen-bond donors (Lipinski definition) is 2. The first-order valence-corrected chi connectivity index (χ1v) is 7.14. The Bertz CT molecular complexity index is 381. The molecule has 1 atom stereocenters. The molecule has 2 N–H and O–H groups in total. The summed E-state index contributed by atoms with van der Waals surface area (Å²) in [5.74, 6) is 0.418. The van der Waals surface area contributed by atoms with Crippen molar-refractivity contribution in [3.05, 3.63) is 0 Å². The molecule has 8 heteroatoms. The van der Waals surface area contributed by atoms with Gasteiger partial charge in [-0.15, -0.1) is 0 Å². The molecule has 2 rings (SSSR count). The van der Waals surface area contributed by atoms with E-state index in [1.807, 2.05) is 4.90 Å². The molecule has 0 aromatic carbocycles. The number of ether oxygens (including phenoxy) is 1. The van der Waals surface area contributed by atoms with Crippen LogP contribution in [0.1, 0.15) is 19.3 Å². The van der Waals surface area contributed by atoms with Gasteiger partial charge in [0.15, 0.2) is 12.1 Å². The second-order valence-corrected chi connectivity index (χ2v) is 5.77. The molecule has 122 valence electrons. The molecule has 1 unspecified atom stereocenters. The largest absolute Gasteiger partial charge is 0.416 e. The summed E-state index contributed by atoms with van der Waals surface area (Å²) in [6.07, 6.45) is -4.04. The van der Waals surface area contributed by atoms with E-state index in [1.165, 1.54) is 7.05 Å². The van der Waals surface area contributed by atoms with Gasteiger partial charge in [0.25, 0.3) is 0 Å². The van der Waals surface area contributed by atoms with Gasteiger partial charge in [0, 0.05) is 33.4 Å². The molecule has 2 heterocycles. The standard InChI is InChI=1S/C13H22F3N3O2/c1-17-11(18-8-10(20)13(14,15)16)19-5-2-12(9-19)3-6-21-7-4-12/h10,20H,2-9H2,1H3,(H,17,18). The fourth-order valence-corrected chi connectivity index (χ4v) is 2.96. The Hall–Kier alpha value is -1.02. The van der Waals surface area contributed by atoms with Crippen LogP contribution in [0, 0.1) is 5.41 Å². The number of halogens is 3. The molecule has 0 bridgehead atoms. The molecule has 0 aliphatic carbocycles. The maximum absolute atomic E-state index is 12.3. The van der Waals surface area contributed by atoms with Crippen LogP contribution in [-0.2, 0) is 4.74 Å². The van der Waals surface area contributed by atoms with Crippen molar-refractivity contribution in [3.63, 3.8) is 0 Å². The van der Waals surface area contributed by atoms with E-state index >= 15 is 0 Å². The summed E-state index contributed by atoms with van der Waals surface area (Å²) in [5.41, 5.74) is 0.193. The van der Waals surface area contributed by atoms with Gasteiger partial charge in [0.2, 0.25) is 0 Å². The number of alkyl halides is 3. The smallest absolute Gasteiger partial charge is 0.382 e. The van der Waals surface area contributed by atoms with Crippen molar-refractivity contribution < 1.29 is 23.0 Å². The van der Waals surface area contributed by atoms with E-state index in [0.29, 0.717) is 5.96 Å². The molecule has 2 saturated heterocycles. The van der Waals surface area contributed by atoms with Crippen LogP contribution < -0.4 is 5.32 Å². The average Bonchev–Trinajstić information content (AvgIpc) is 2.83. The van der Waals surface area contributed by atoms with Crippen molar-refractivity contribution in [2.24, 2.45) is 10.4 Å². The first kappa shape index (κ1) is 16.4. The second kappa shape index (κ2) is 6.39. The quantitative estimate of drug-likeness (QED) is 0.590. The molecule has 0 aromatic rings. The van der Waals surface area contributed by atoms with Crippen LogP contribution in [0.5, 0.6) is 0 Å². The lowest BCUT2D eigenvalue weighted by Crippen LogP contribution is -2.47. The zero-order valence-corrected chi connectivity index (χ0v) is 12.1. The first-order chi connectivity index (χ1) is 9.86. The highest BCUT2D eigenvalue weighted by molar-refractivity contribution is 5.80. The maximum atomic E-state index is 12.3. The summed E-state index contributed by atoms with van der Waals surface area (Å²) in [5, 5.41) is 11.7. The monoisotopic (exact) mass is 309 g/mol. The van der Waals surface area contributed by atoms with Gasteiger partial charge in [0.05, 0.1) is 6.54 Å². The maximum Gasteiger partial charge on any atom is 0.416 e. The highest BCUT2D eigenvalue weighted by atomic mass is 19.4. The van der Waals surface area contributed by atoms with Gasteiger partial charge < -0.3 is 20.1 Å². The van der Waals surface area contributed by atoms with Crippen LogP contribution >= 0.6 is 0 Å². The Labute approximate surface area is 122 Å². The lowest BCUT2D eigenvalue weighted by Gasteiger charge is -2.33. The number of aliphatic hydroxyl groups is 1. The third kappa shape index (κ3) is 4.00. The minimum atomic E-state index is -4.61. The third-order valence-electron chi connectivity index (χ3n) is 4.33. The molecule has 2 aliphatic rings. The molecule has 0 aromatic heterocycles. The fourth-order valence-electron chi connectivity index (χ4n) is 2.96. The number of likely N-dealkylation sites (tertiary alicyclic amines) is 1. The molecular formula is C13H22F3N3O2. The normalized spacial score (nSPS) is 24.4. The highest BCUT2D eigenvalue weighted by Gasteiger charge is 2.41. The number of nitrogens with zero attached hydrogens (tertiary/aromatic N) is 2. The molecular weight excluding hydrogens is 287 g/mol. The lowest BCUT2D eigenvalue weighted by atomic mass is 9.80. The Morgan fingerprint density at radius 1 is 1.38 bits per heavy atom. The SMILES string of the molecule is CN=C(NCC(O)C(F)(F)F)N1CCC2(CCOCC2)C1. The van der Waals surface area contributed by atoms with E-state index in [9.17, 15) is 13.2 Å². The molecule has 2 aliphatic heterocycles. The second-order valence-electron chi connectivity index (χ2n) is 5.77. The van der Waals surface area contributed by atoms with E-state index in [1.54, 1.807) is 0 Å². The zero-order valence-electron chi connectivity index (χ0n) is 12.1. The number of guanidine groups is 1. The van der Waals surface area contributed by atoms with Gasteiger partial charge in [-0.05, 0) is 24.7 Å². The predicted octanol–water partition coefficient (Wildman–Crippen LogP) is 0.987. The van der Waals surface area contributed by atoms with Gasteiger partial charge in [-0.1, -0.05) is 0 Å². The Morgan fingerprint density at radius 3 is 2.62 bits per heavy atom. The van der Waals surface area contributed by atoms with Gasteiger partial charge in [-0.25, -0.2) is 0 Å². The molecule has 0 saturated carbocycles. The summed E-state index contributed by atoms with van der Waals surface area (Å²) < 4.78 is 42.3. The van der Waals surface area contributed by atoms with Crippen molar-refractivity contribution in [1.82, 2.24) is 10.2 Å². The first-order valence-electron chi connectivity index (χ1n) is 7.14. The Morgan fingerprint density at radius 2 is 2.05 bits per heavy atom.